The number of carboxylic acid groups (broad SMARTS) is 1. The highest BCUT2D eigenvalue weighted by atomic mass is 32.2. The third kappa shape index (κ3) is 25.6. The molecule has 590 valence electrons. The number of carboxylic acids is 1. The van der Waals surface area contributed by atoms with E-state index in [2.05, 4.69) is 21.3 Å². The number of imide groups is 1. The Morgan fingerprint density at radius 2 is 1.43 bits per heavy atom. The van der Waals surface area contributed by atoms with Crippen LogP contribution in [-0.4, -0.2) is 216 Å². The Bertz CT molecular complexity index is 3360. The van der Waals surface area contributed by atoms with Crippen molar-refractivity contribution in [2.24, 2.45) is 52.6 Å². The molecule has 2 heterocycles. The number of primary amides is 1. The van der Waals surface area contributed by atoms with Gasteiger partial charge in [0.25, 0.3) is 0 Å². The fraction of sp³-hybridized carbons (Fsp3) is 0.675. The average molecular weight is 1510 g/mol. The number of hydrogen-bond donors (Lipinski definition) is 6. The zero-order valence-corrected chi connectivity index (χ0v) is 65.4. The van der Waals surface area contributed by atoms with Crippen molar-refractivity contribution in [2.75, 3.05) is 66.1 Å². The lowest BCUT2D eigenvalue weighted by molar-refractivity contribution is -0.149. The van der Waals surface area contributed by atoms with Crippen LogP contribution in [0.25, 0.3) is 0 Å². The molecule has 10 amide bonds. The second kappa shape index (κ2) is 42.0. The number of carbonyl (C=O) groups excluding carboxylic acids is 12. The number of likely N-dealkylation sites (tertiary alicyclic amines) is 2. The van der Waals surface area contributed by atoms with Crippen molar-refractivity contribution >= 4 is 94.2 Å². The molecule has 3 aliphatic rings. The van der Waals surface area contributed by atoms with E-state index in [4.69, 9.17) is 24.7 Å². The minimum Gasteiger partial charge on any atom is -0.481 e. The maximum atomic E-state index is 15.0. The van der Waals surface area contributed by atoms with Gasteiger partial charge in [-0.2, -0.15) is 0 Å². The Labute approximate surface area is 627 Å². The van der Waals surface area contributed by atoms with Gasteiger partial charge in [0.05, 0.1) is 72.5 Å². The second-order valence-corrected chi connectivity index (χ2v) is 31.2. The van der Waals surface area contributed by atoms with Crippen LogP contribution < -0.4 is 27.0 Å². The van der Waals surface area contributed by atoms with Gasteiger partial charge in [-0.05, 0) is 123 Å². The smallest absolute Gasteiger partial charge is 0.410 e. The van der Waals surface area contributed by atoms with E-state index >= 15 is 0 Å². The van der Waals surface area contributed by atoms with Crippen molar-refractivity contribution in [3.63, 3.8) is 0 Å². The maximum absolute atomic E-state index is 15.0. The largest absolute Gasteiger partial charge is 0.481 e. The Balaban J connectivity index is 1.16. The van der Waals surface area contributed by atoms with Crippen molar-refractivity contribution in [2.45, 2.75) is 226 Å². The molecular formula is C77H116FN9O18S. The normalized spacial score (nSPS) is 19.1. The fourth-order valence-electron chi connectivity index (χ4n) is 14.3. The molecule has 13 atom stereocenters. The summed E-state index contributed by atoms with van der Waals surface area (Å²) < 4.78 is 37.2. The van der Waals surface area contributed by atoms with Gasteiger partial charge in [-0.1, -0.05) is 87.3 Å². The quantitative estimate of drug-likeness (QED) is 0.0206. The summed E-state index contributed by atoms with van der Waals surface area (Å²) in [5.74, 6) is -8.59. The Morgan fingerprint density at radius 1 is 0.774 bits per heavy atom. The first kappa shape index (κ1) is 88.7. The lowest BCUT2D eigenvalue weighted by Crippen LogP contribution is -2.55. The van der Waals surface area contributed by atoms with E-state index in [-0.39, 0.29) is 141 Å². The highest BCUT2D eigenvalue weighted by Crippen LogP contribution is 2.52. The number of hydrogen-bond acceptors (Lipinski definition) is 18. The van der Waals surface area contributed by atoms with Crippen molar-refractivity contribution in [1.29, 1.82) is 0 Å². The highest BCUT2D eigenvalue weighted by molar-refractivity contribution is 8.00. The number of rotatable bonds is 46. The second-order valence-electron chi connectivity index (χ2n) is 30.0. The minimum absolute atomic E-state index is 0.0433. The Kier molecular flexibility index (Phi) is 35.2. The van der Waals surface area contributed by atoms with E-state index in [1.807, 2.05) is 27.7 Å². The number of ketones is 3. The number of unbranched alkanes of at least 4 members (excludes halogenated alkanes) is 2. The van der Waals surface area contributed by atoms with Gasteiger partial charge in [-0.3, -0.25) is 57.6 Å². The number of nitrogens with one attached hydrogen (secondary N) is 4. The molecule has 3 fully saturated rings. The van der Waals surface area contributed by atoms with E-state index in [0.29, 0.717) is 55.5 Å². The molecule has 2 aromatic carbocycles. The molecule has 1 aliphatic carbocycles. The summed E-state index contributed by atoms with van der Waals surface area (Å²) >= 11 is 1.35. The number of benzene rings is 2. The summed E-state index contributed by atoms with van der Waals surface area (Å²) in [6.07, 6.45) is 1.02. The number of ether oxygens (including phenoxy) is 4. The lowest BCUT2D eigenvalue weighted by atomic mass is 9.83. The molecule has 7 N–H and O–H groups in total. The number of methoxy groups -OCH3 is 3. The van der Waals surface area contributed by atoms with E-state index in [1.54, 1.807) is 75.7 Å². The number of urea groups is 1. The summed E-state index contributed by atoms with van der Waals surface area (Å²) in [7, 11) is 7.55. The number of likely N-dealkylation sites (N-methyl/N-ethyl adjacent to an activating group) is 2. The van der Waals surface area contributed by atoms with Crippen LogP contribution in [0.2, 0.25) is 0 Å². The summed E-state index contributed by atoms with van der Waals surface area (Å²) in [6.45, 7) is 18.2. The SMILES string of the molecule is CC[C@H](C)[C@@H]([C@@H](CC(=O)N1C[C@H](OC)C[C@H]1[C@H](OC)[C@@H](C)C(=O)N[C@@H](C)C(=O)c1ccc(F)cc1)OC)N(C)C(=O)[C@@H](CC(=O)[C@H](C(C)C)N(C)C(=O)OCc1ccc(NC(=O)[C@H](CCCNC(N)=O)CC(=O)[C@@H](NC(=O)CCCCCN2C(=O)CC(SCC3(CC(=O)O)CC3)C2=O)C(C)C)cc1)C(C)C. The molecule has 0 spiro atoms. The molecular weight excluding hydrogens is 1390 g/mol. The van der Waals surface area contributed by atoms with Crippen LogP contribution in [0.4, 0.5) is 19.7 Å². The van der Waals surface area contributed by atoms with Crippen LogP contribution in [-0.2, 0) is 73.5 Å². The molecule has 1 saturated carbocycles. The Hall–Kier alpha value is -7.89. The van der Waals surface area contributed by atoms with Crippen LogP contribution in [0.5, 0.6) is 0 Å². The lowest BCUT2D eigenvalue weighted by Gasteiger charge is -2.41. The third-order valence-corrected chi connectivity index (χ3v) is 22.6. The van der Waals surface area contributed by atoms with Gasteiger partial charge in [-0.15, -0.1) is 11.8 Å². The summed E-state index contributed by atoms with van der Waals surface area (Å²) in [5, 5.41) is 19.7. The van der Waals surface area contributed by atoms with Gasteiger partial charge in [0.2, 0.25) is 41.4 Å². The summed E-state index contributed by atoms with van der Waals surface area (Å²) in [6, 6.07) is 6.52. The predicted molar refractivity (Wildman–Crippen MR) is 397 cm³/mol. The minimum atomic E-state index is -1.01. The third-order valence-electron chi connectivity index (χ3n) is 21.0. The number of nitrogens with zero attached hydrogens (tertiary/aromatic N) is 4. The van der Waals surface area contributed by atoms with Gasteiger partial charge in [0, 0.05) is 110 Å². The molecule has 29 heteroatoms. The molecule has 5 rings (SSSR count). The monoisotopic (exact) mass is 1510 g/mol. The van der Waals surface area contributed by atoms with Crippen molar-refractivity contribution in [1.82, 2.24) is 35.6 Å². The first-order valence-electron chi connectivity index (χ1n) is 37.1. The standard InChI is InChI=1S/C77H116FN9O18S/c1-16-47(8)68(60(103-14)38-63(91)87-41-55(102-13)36-57(87)70(104-15)48(9)71(96)81-49(10)69(95)51-25-27-53(78)28-26-51)84(11)73(98)56(44(2)3)37-59(89)67(46(6)7)85(12)76(101)105-42-50-23-29-54(30-24-50)82-72(97)52(21-20-33-80-75(79)100)35-58(88)66(45(4)5)83-62(90)22-18-17-19-34-86-64(92)39-61(74(86)99)106-43-77(31-32-77)40-65(93)94/h23-30,44-49,52,55-57,60-61,66-68,70H,16-22,31-43H2,1-15H3,(H,81,96)(H,82,97)(H,83,90)(H,93,94)(H3,79,80,100)/t47-,48+,49-,52+,55+,56-,57-,60+,61?,66-,67-,68-,70+/m0/s1. The van der Waals surface area contributed by atoms with E-state index < -0.39 is 119 Å². The fourth-order valence-corrected chi connectivity index (χ4v) is 15.8. The zero-order valence-electron chi connectivity index (χ0n) is 64.5. The van der Waals surface area contributed by atoms with Crippen LogP contribution >= 0.6 is 11.8 Å². The summed E-state index contributed by atoms with van der Waals surface area (Å²) in [4.78, 5) is 181. The van der Waals surface area contributed by atoms with Crippen LogP contribution in [0.15, 0.2) is 48.5 Å². The van der Waals surface area contributed by atoms with Crippen LogP contribution in [0, 0.1) is 52.7 Å². The molecule has 2 aliphatic heterocycles. The number of aliphatic carboxylic acids is 1. The molecule has 0 aromatic heterocycles. The first-order chi connectivity index (χ1) is 50.0. The number of nitrogens with two attached hydrogens (primary N) is 1. The van der Waals surface area contributed by atoms with Crippen molar-refractivity contribution in [3.05, 3.63) is 65.5 Å². The molecule has 0 bridgehead atoms. The molecule has 1 unspecified atom stereocenters. The number of amides is 10. The highest BCUT2D eigenvalue weighted by Gasteiger charge is 2.49. The first-order valence-corrected chi connectivity index (χ1v) is 38.2. The van der Waals surface area contributed by atoms with Gasteiger partial charge in [-0.25, -0.2) is 14.0 Å². The molecule has 27 nitrogen and oxygen atoms in total. The number of halogens is 1. The van der Waals surface area contributed by atoms with E-state index in [1.165, 1.54) is 81.1 Å². The number of anilines is 1. The van der Waals surface area contributed by atoms with E-state index in [9.17, 15) is 71.8 Å². The topological polar surface area (TPSA) is 366 Å². The molecule has 106 heavy (non-hydrogen) atoms. The van der Waals surface area contributed by atoms with Gasteiger partial charge < -0.3 is 65.8 Å². The molecule has 0 radical (unpaired) electrons. The van der Waals surface area contributed by atoms with Gasteiger partial charge in [0.1, 0.15) is 12.4 Å². The number of thioether (sulfide) groups is 1. The van der Waals surface area contributed by atoms with Crippen LogP contribution in [0.1, 0.15) is 181 Å². The Morgan fingerprint density at radius 3 is 2.00 bits per heavy atom. The average Bonchev–Trinajstić information content (AvgIpc) is 1.54. The zero-order chi connectivity index (χ0) is 79.0. The summed E-state index contributed by atoms with van der Waals surface area (Å²) in [5.41, 5.74) is 6.09. The van der Waals surface area contributed by atoms with Crippen molar-refractivity contribution in [3.8, 4) is 0 Å². The molecule has 2 aromatic rings. The van der Waals surface area contributed by atoms with Gasteiger partial charge >= 0.3 is 18.1 Å². The number of Topliss-reactive ketones (excluding diaryl/α,β-unsaturated/α-hetero) is 3. The van der Waals surface area contributed by atoms with Gasteiger partial charge in [0.15, 0.2) is 17.3 Å². The number of carbonyl (C=O) groups is 13. The van der Waals surface area contributed by atoms with E-state index in [0.717, 1.165) is 12.8 Å². The maximum Gasteiger partial charge on any atom is 0.410 e. The predicted octanol–water partition coefficient (Wildman–Crippen LogP) is 8.36. The molecule has 2 saturated heterocycles. The van der Waals surface area contributed by atoms with Crippen molar-refractivity contribution < 1.29 is 90.8 Å². The van der Waals surface area contributed by atoms with Crippen LogP contribution in [0.3, 0.4) is 0 Å².